The normalized spacial score (nSPS) is 14.2. The van der Waals surface area contributed by atoms with Gasteiger partial charge in [-0.15, -0.1) is 0 Å². The molecule has 1 saturated carbocycles. The number of ether oxygens (including phenoxy) is 1. The van der Waals surface area contributed by atoms with E-state index in [2.05, 4.69) is 21.5 Å². The molecule has 1 aliphatic carbocycles. The topological polar surface area (TPSA) is 91.0 Å². The lowest BCUT2D eigenvalue weighted by molar-refractivity contribution is -0.122. The number of fused-ring (bicyclic) bond motifs is 1. The average Bonchev–Trinajstić information content (AvgIpc) is 3.57. The number of carbonyl (C=O) groups is 1. The Hall–Kier alpha value is -3.94. The molecule has 0 bridgehead atoms. The van der Waals surface area contributed by atoms with Crippen molar-refractivity contribution in [1.82, 2.24) is 24.6 Å². The van der Waals surface area contributed by atoms with Gasteiger partial charge in [-0.1, -0.05) is 18.2 Å². The molecule has 1 amide bonds. The molecule has 2 heterocycles. The quantitative estimate of drug-likeness (QED) is 0.459. The highest BCUT2D eigenvalue weighted by atomic mass is 16.5. The monoisotopic (exact) mass is 457 g/mol. The highest BCUT2D eigenvalue weighted by molar-refractivity contribution is 5.78. The molecule has 4 aromatic rings. The second-order valence-electron chi connectivity index (χ2n) is 8.97. The fourth-order valence-electron chi connectivity index (χ4n) is 4.41. The molecule has 1 aliphatic rings. The van der Waals surface area contributed by atoms with Crippen LogP contribution in [0.2, 0.25) is 0 Å². The van der Waals surface area contributed by atoms with Crippen LogP contribution >= 0.6 is 0 Å². The van der Waals surface area contributed by atoms with Crippen molar-refractivity contribution in [2.45, 2.75) is 39.3 Å². The summed E-state index contributed by atoms with van der Waals surface area (Å²) in [7, 11) is 1.63. The molecule has 34 heavy (non-hydrogen) atoms. The minimum absolute atomic E-state index is 0.0851. The lowest BCUT2D eigenvalue weighted by atomic mass is 10.0. The van der Waals surface area contributed by atoms with Crippen molar-refractivity contribution in [2.24, 2.45) is 5.92 Å². The number of rotatable bonds is 7. The average molecular weight is 458 g/mol. The number of hydrogen-bond donors (Lipinski definition) is 1. The second kappa shape index (κ2) is 8.78. The first-order valence-electron chi connectivity index (χ1n) is 11.4. The number of methoxy groups -OCH3 is 1. The smallest absolute Gasteiger partial charge is 0.264 e. The molecule has 174 valence electrons. The maximum atomic E-state index is 13.1. The van der Waals surface area contributed by atoms with Crippen LogP contribution in [0.5, 0.6) is 5.75 Å². The van der Waals surface area contributed by atoms with Gasteiger partial charge in [0.1, 0.15) is 24.0 Å². The van der Waals surface area contributed by atoms with Crippen LogP contribution in [-0.4, -0.2) is 32.3 Å². The fraction of sp³-hybridized carbons (Fsp3) is 0.308. The molecule has 2 aromatic heterocycles. The van der Waals surface area contributed by atoms with Gasteiger partial charge in [0.15, 0.2) is 5.65 Å². The van der Waals surface area contributed by atoms with Crippen LogP contribution in [0.15, 0.2) is 59.8 Å². The first-order chi connectivity index (χ1) is 16.4. The van der Waals surface area contributed by atoms with Gasteiger partial charge >= 0.3 is 0 Å². The molecule has 5 rings (SSSR count). The molecule has 0 spiro atoms. The van der Waals surface area contributed by atoms with E-state index in [9.17, 15) is 9.59 Å². The zero-order valence-corrected chi connectivity index (χ0v) is 19.5. The summed E-state index contributed by atoms with van der Waals surface area (Å²) in [5.41, 5.74) is 4.27. The predicted molar refractivity (Wildman–Crippen MR) is 129 cm³/mol. The van der Waals surface area contributed by atoms with Gasteiger partial charge < -0.3 is 10.1 Å². The summed E-state index contributed by atoms with van der Waals surface area (Å²) < 4.78 is 8.23. The molecule has 8 nitrogen and oxygen atoms in total. The van der Waals surface area contributed by atoms with E-state index in [4.69, 9.17) is 4.74 Å². The molecule has 1 atom stereocenters. The molecular weight excluding hydrogens is 430 g/mol. The van der Waals surface area contributed by atoms with E-state index >= 15 is 0 Å². The number of benzene rings is 2. The van der Waals surface area contributed by atoms with E-state index in [1.54, 1.807) is 11.8 Å². The van der Waals surface area contributed by atoms with E-state index in [1.165, 1.54) is 17.1 Å². The summed E-state index contributed by atoms with van der Waals surface area (Å²) in [6.07, 6.45) is 5.08. The van der Waals surface area contributed by atoms with E-state index in [-0.39, 0.29) is 24.1 Å². The van der Waals surface area contributed by atoms with Crippen LogP contribution in [0.4, 0.5) is 0 Å². The third-order valence-electron chi connectivity index (χ3n) is 6.20. The Balaban J connectivity index is 1.37. The van der Waals surface area contributed by atoms with E-state index in [1.807, 2.05) is 50.2 Å². The van der Waals surface area contributed by atoms with Crippen molar-refractivity contribution in [3.63, 3.8) is 0 Å². The number of hydrogen-bond acceptors (Lipinski definition) is 5. The summed E-state index contributed by atoms with van der Waals surface area (Å²) in [6.45, 7) is 3.93. The van der Waals surface area contributed by atoms with Gasteiger partial charge in [0.2, 0.25) is 5.91 Å². The van der Waals surface area contributed by atoms with E-state index in [0.29, 0.717) is 17.0 Å². The van der Waals surface area contributed by atoms with Crippen LogP contribution in [0.25, 0.3) is 16.7 Å². The van der Waals surface area contributed by atoms with Crippen molar-refractivity contribution >= 4 is 16.9 Å². The van der Waals surface area contributed by atoms with E-state index in [0.717, 1.165) is 41.0 Å². The van der Waals surface area contributed by atoms with Gasteiger partial charge in [-0.3, -0.25) is 14.2 Å². The number of amides is 1. The highest BCUT2D eigenvalue weighted by Gasteiger charge is 2.33. The van der Waals surface area contributed by atoms with Crippen molar-refractivity contribution in [2.75, 3.05) is 7.11 Å². The van der Waals surface area contributed by atoms with Crippen LogP contribution in [-0.2, 0) is 11.3 Å². The molecule has 2 aromatic carbocycles. The third-order valence-corrected chi connectivity index (χ3v) is 6.20. The summed E-state index contributed by atoms with van der Waals surface area (Å²) in [5, 5.41) is 7.88. The van der Waals surface area contributed by atoms with Crippen LogP contribution in [0.1, 0.15) is 35.6 Å². The van der Waals surface area contributed by atoms with Gasteiger partial charge in [0, 0.05) is 0 Å². The largest absolute Gasteiger partial charge is 0.497 e. The molecule has 1 N–H and O–H groups in total. The second-order valence-corrected chi connectivity index (χ2v) is 8.97. The Kier molecular flexibility index (Phi) is 5.65. The maximum absolute atomic E-state index is 13.1. The lowest BCUT2D eigenvalue weighted by Crippen LogP contribution is -2.35. The number of nitrogens with zero attached hydrogens (tertiary/aromatic N) is 4. The zero-order chi connectivity index (χ0) is 23.8. The Morgan fingerprint density at radius 2 is 1.85 bits per heavy atom. The van der Waals surface area contributed by atoms with Crippen molar-refractivity contribution in [3.05, 3.63) is 82.0 Å². The van der Waals surface area contributed by atoms with Gasteiger partial charge in [-0.2, -0.15) is 5.10 Å². The first kappa shape index (κ1) is 21.9. The lowest BCUT2D eigenvalue weighted by Gasteiger charge is -2.19. The molecule has 8 heteroatoms. The molecule has 0 radical (unpaired) electrons. The fourth-order valence-corrected chi connectivity index (χ4v) is 4.41. The Labute approximate surface area is 197 Å². The SMILES string of the molecule is COc1ccc(C(NC(=O)Cn2cnc3c(cnn3-c3cc(C)cc(C)c3)c2=O)C2CC2)cc1. The maximum Gasteiger partial charge on any atom is 0.264 e. The number of nitrogens with one attached hydrogen (secondary N) is 1. The van der Waals surface area contributed by atoms with Gasteiger partial charge in [-0.05, 0) is 73.6 Å². The van der Waals surface area contributed by atoms with Gasteiger partial charge in [0.05, 0.1) is 25.0 Å². The summed E-state index contributed by atoms with van der Waals surface area (Å²) in [5.74, 6) is 0.959. The van der Waals surface area contributed by atoms with Crippen LogP contribution in [0.3, 0.4) is 0 Å². The zero-order valence-electron chi connectivity index (χ0n) is 19.5. The molecule has 0 aliphatic heterocycles. The minimum atomic E-state index is -0.289. The van der Waals surface area contributed by atoms with Gasteiger partial charge in [-0.25, -0.2) is 9.67 Å². The Morgan fingerprint density at radius 3 is 2.50 bits per heavy atom. The molecule has 1 fully saturated rings. The Morgan fingerprint density at radius 1 is 1.15 bits per heavy atom. The van der Waals surface area contributed by atoms with Crippen LogP contribution in [0, 0.1) is 19.8 Å². The number of aromatic nitrogens is 4. The van der Waals surface area contributed by atoms with Crippen molar-refractivity contribution in [3.8, 4) is 11.4 Å². The molecular formula is C26H27N5O3. The summed E-state index contributed by atoms with van der Waals surface area (Å²) in [6, 6.07) is 13.7. The van der Waals surface area contributed by atoms with Crippen LogP contribution < -0.4 is 15.6 Å². The summed E-state index contributed by atoms with van der Waals surface area (Å²) in [4.78, 5) is 30.5. The van der Waals surface area contributed by atoms with Crippen molar-refractivity contribution < 1.29 is 9.53 Å². The minimum Gasteiger partial charge on any atom is -0.497 e. The number of carbonyl (C=O) groups excluding carboxylic acids is 1. The Bertz CT molecular complexity index is 1400. The highest BCUT2D eigenvalue weighted by Crippen LogP contribution is 2.41. The first-order valence-corrected chi connectivity index (χ1v) is 11.4. The molecule has 0 saturated heterocycles. The van der Waals surface area contributed by atoms with E-state index < -0.39 is 0 Å². The standard InChI is InChI=1S/C26H27N5O3/c1-16-10-17(2)12-20(11-16)31-25-22(13-28-31)26(33)30(15-27-25)14-23(32)29-24(18-4-5-18)19-6-8-21(34-3)9-7-19/h6-13,15,18,24H,4-5,14H2,1-3H3,(H,29,32). The molecule has 1 unspecified atom stereocenters. The third kappa shape index (κ3) is 4.31. The summed E-state index contributed by atoms with van der Waals surface area (Å²) >= 11 is 0. The van der Waals surface area contributed by atoms with Gasteiger partial charge in [0.25, 0.3) is 5.56 Å². The predicted octanol–water partition coefficient (Wildman–Crippen LogP) is 3.48. The van der Waals surface area contributed by atoms with Crippen molar-refractivity contribution in [1.29, 1.82) is 0 Å². The number of aryl methyl sites for hydroxylation is 2.